The number of benzene rings is 1. The second-order valence-electron chi connectivity index (χ2n) is 6.01. The van der Waals surface area contributed by atoms with Crippen LogP contribution in [0.5, 0.6) is 5.75 Å². The Hall–Kier alpha value is -3.34. The van der Waals surface area contributed by atoms with Crippen molar-refractivity contribution < 1.29 is 18.3 Å². The molecule has 0 saturated heterocycles. The first-order valence-corrected chi connectivity index (χ1v) is 7.99. The minimum absolute atomic E-state index is 0.0477. The summed E-state index contributed by atoms with van der Waals surface area (Å²) in [7, 11) is 0. The van der Waals surface area contributed by atoms with Crippen LogP contribution in [0, 0.1) is 18.2 Å². The standard InChI is InChI=1S/C18H13FN2O5/c1-2-6-20-13-8-12(11(19)7-15(13)25-9-16(20)22)21-17(23)10-4-3-5-14(10)26-18(21)24/h1,7-8H,3-6,9H2. The summed E-state index contributed by atoms with van der Waals surface area (Å²) in [6.07, 6.45) is 6.96. The molecule has 132 valence electrons. The number of hydrogen-bond donors (Lipinski definition) is 0. The number of anilines is 1. The van der Waals surface area contributed by atoms with E-state index in [2.05, 4.69) is 5.92 Å². The molecule has 1 amide bonds. The molecule has 7 nitrogen and oxygen atoms in total. The van der Waals surface area contributed by atoms with E-state index in [1.54, 1.807) is 0 Å². The van der Waals surface area contributed by atoms with Gasteiger partial charge in [-0.25, -0.2) is 13.8 Å². The number of halogens is 1. The maximum Gasteiger partial charge on any atom is 0.426 e. The van der Waals surface area contributed by atoms with Crippen molar-refractivity contribution in [3.63, 3.8) is 0 Å². The van der Waals surface area contributed by atoms with Crippen molar-refractivity contribution in [2.45, 2.75) is 19.3 Å². The summed E-state index contributed by atoms with van der Waals surface area (Å²) in [5, 5.41) is 0. The normalized spacial score (nSPS) is 15.2. The first-order valence-electron chi connectivity index (χ1n) is 7.99. The number of fused-ring (bicyclic) bond motifs is 2. The Bertz CT molecular complexity index is 1090. The van der Waals surface area contributed by atoms with Crippen molar-refractivity contribution in [3.8, 4) is 23.8 Å². The average molecular weight is 356 g/mol. The number of hydrogen-bond acceptors (Lipinski definition) is 5. The Labute approximate surface area is 146 Å². The van der Waals surface area contributed by atoms with Crippen LogP contribution in [0.2, 0.25) is 0 Å². The van der Waals surface area contributed by atoms with Crippen molar-refractivity contribution in [2.24, 2.45) is 0 Å². The Morgan fingerprint density at radius 2 is 2.00 bits per heavy atom. The summed E-state index contributed by atoms with van der Waals surface area (Å²) < 4.78 is 25.7. The number of aryl methyl sites for hydroxylation is 1. The number of nitrogens with zero attached hydrogens (tertiary/aromatic N) is 2. The van der Waals surface area contributed by atoms with Crippen LogP contribution in [-0.4, -0.2) is 23.6 Å². The smallest absolute Gasteiger partial charge is 0.426 e. The van der Waals surface area contributed by atoms with Gasteiger partial charge in [0.15, 0.2) is 12.4 Å². The topological polar surface area (TPSA) is 81.8 Å². The van der Waals surface area contributed by atoms with Gasteiger partial charge in [-0.3, -0.25) is 14.5 Å². The summed E-state index contributed by atoms with van der Waals surface area (Å²) in [6, 6.07) is 2.23. The molecule has 26 heavy (non-hydrogen) atoms. The lowest BCUT2D eigenvalue weighted by molar-refractivity contribution is -0.121. The minimum Gasteiger partial charge on any atom is -0.481 e. The van der Waals surface area contributed by atoms with Gasteiger partial charge in [-0.15, -0.1) is 6.42 Å². The molecule has 0 bridgehead atoms. The molecule has 0 fully saturated rings. The van der Waals surface area contributed by atoms with Crippen LogP contribution in [0.4, 0.5) is 10.1 Å². The third-order valence-electron chi connectivity index (χ3n) is 4.48. The first kappa shape index (κ1) is 16.1. The number of terminal acetylenes is 1. The van der Waals surface area contributed by atoms with Crippen LogP contribution >= 0.6 is 0 Å². The molecule has 0 saturated carbocycles. The zero-order chi connectivity index (χ0) is 18.4. The zero-order valence-corrected chi connectivity index (χ0v) is 13.6. The average Bonchev–Trinajstić information content (AvgIpc) is 3.07. The van der Waals surface area contributed by atoms with Gasteiger partial charge >= 0.3 is 5.76 Å². The van der Waals surface area contributed by atoms with E-state index in [0.29, 0.717) is 35.2 Å². The summed E-state index contributed by atoms with van der Waals surface area (Å²) >= 11 is 0. The van der Waals surface area contributed by atoms with Gasteiger partial charge < -0.3 is 9.15 Å². The van der Waals surface area contributed by atoms with Crippen LogP contribution in [0.1, 0.15) is 17.7 Å². The predicted octanol–water partition coefficient (Wildman–Crippen LogP) is 0.777. The van der Waals surface area contributed by atoms with Crippen molar-refractivity contribution in [3.05, 3.63) is 50.2 Å². The lowest BCUT2D eigenvalue weighted by atomic mass is 10.2. The molecule has 0 spiro atoms. The number of aromatic nitrogens is 1. The molecular weight excluding hydrogens is 343 g/mol. The predicted molar refractivity (Wildman–Crippen MR) is 89.2 cm³/mol. The van der Waals surface area contributed by atoms with Gasteiger partial charge in [-0.1, -0.05) is 5.92 Å². The van der Waals surface area contributed by atoms with Crippen LogP contribution in [0.3, 0.4) is 0 Å². The number of carbonyl (C=O) groups is 1. The fourth-order valence-corrected chi connectivity index (χ4v) is 3.28. The quantitative estimate of drug-likeness (QED) is 0.743. The number of amides is 1. The van der Waals surface area contributed by atoms with Gasteiger partial charge in [0.1, 0.15) is 11.5 Å². The van der Waals surface area contributed by atoms with Crippen molar-refractivity contribution in [1.82, 2.24) is 4.57 Å². The highest BCUT2D eigenvalue weighted by molar-refractivity contribution is 5.98. The maximum absolute atomic E-state index is 14.6. The van der Waals surface area contributed by atoms with E-state index in [4.69, 9.17) is 15.6 Å². The Morgan fingerprint density at radius 3 is 2.77 bits per heavy atom. The van der Waals surface area contributed by atoms with E-state index in [0.717, 1.165) is 6.07 Å². The zero-order valence-electron chi connectivity index (χ0n) is 13.6. The SMILES string of the molecule is C#CCN1C(=O)COc2cc(F)c(-n3c(=O)oc4c(c3=O)CCC4)cc21. The second kappa shape index (κ2) is 5.88. The molecular formula is C18H13FN2O5. The van der Waals surface area contributed by atoms with Crippen molar-refractivity contribution in [1.29, 1.82) is 0 Å². The molecule has 2 heterocycles. The Balaban J connectivity index is 1.95. The minimum atomic E-state index is -0.971. The molecule has 0 unspecified atom stereocenters. The second-order valence-corrected chi connectivity index (χ2v) is 6.01. The highest BCUT2D eigenvalue weighted by atomic mass is 19.1. The van der Waals surface area contributed by atoms with Gasteiger partial charge in [0.05, 0.1) is 23.5 Å². The molecule has 1 aliphatic carbocycles. The van der Waals surface area contributed by atoms with Gasteiger partial charge in [0.25, 0.3) is 11.5 Å². The molecule has 2 aromatic rings. The molecule has 0 radical (unpaired) electrons. The molecule has 4 rings (SSSR count). The van der Waals surface area contributed by atoms with E-state index >= 15 is 0 Å². The Morgan fingerprint density at radius 1 is 1.19 bits per heavy atom. The molecule has 0 atom stereocenters. The van der Waals surface area contributed by atoms with Gasteiger partial charge in [-0.2, -0.15) is 0 Å². The number of rotatable bonds is 2. The summed E-state index contributed by atoms with van der Waals surface area (Å²) in [5.74, 6) is 0.592. The third kappa shape index (κ3) is 2.32. The van der Waals surface area contributed by atoms with Crippen molar-refractivity contribution in [2.75, 3.05) is 18.1 Å². The molecule has 1 aromatic heterocycles. The van der Waals surface area contributed by atoms with Crippen LogP contribution in [-0.2, 0) is 17.6 Å². The van der Waals surface area contributed by atoms with Crippen LogP contribution in [0.15, 0.2) is 26.1 Å². The van der Waals surface area contributed by atoms with Crippen LogP contribution < -0.4 is 21.0 Å². The fraction of sp³-hybridized carbons (Fsp3) is 0.278. The third-order valence-corrected chi connectivity index (χ3v) is 4.48. The van der Waals surface area contributed by atoms with Gasteiger partial charge in [-0.05, 0) is 18.9 Å². The number of carbonyl (C=O) groups excluding carboxylic acids is 1. The van der Waals surface area contributed by atoms with Gasteiger partial charge in [0.2, 0.25) is 0 Å². The monoisotopic (exact) mass is 356 g/mol. The molecule has 1 aromatic carbocycles. The van der Waals surface area contributed by atoms with Crippen molar-refractivity contribution >= 4 is 11.6 Å². The van der Waals surface area contributed by atoms with E-state index in [1.807, 2.05) is 0 Å². The van der Waals surface area contributed by atoms with E-state index < -0.39 is 23.0 Å². The highest BCUT2D eigenvalue weighted by Gasteiger charge is 2.29. The summed E-state index contributed by atoms with van der Waals surface area (Å²) in [6.45, 7) is -0.317. The summed E-state index contributed by atoms with van der Waals surface area (Å²) in [4.78, 5) is 38.2. The highest BCUT2D eigenvalue weighted by Crippen LogP contribution is 2.35. The largest absolute Gasteiger partial charge is 0.481 e. The first-order chi connectivity index (χ1) is 12.5. The van der Waals surface area contributed by atoms with E-state index in [9.17, 15) is 18.8 Å². The maximum atomic E-state index is 14.6. The summed E-state index contributed by atoms with van der Waals surface area (Å²) in [5.41, 5.74) is -0.353. The van der Waals surface area contributed by atoms with E-state index in [1.165, 1.54) is 11.0 Å². The Kier molecular flexibility index (Phi) is 3.65. The van der Waals surface area contributed by atoms with Crippen LogP contribution in [0.25, 0.3) is 5.69 Å². The molecule has 2 aliphatic rings. The van der Waals surface area contributed by atoms with E-state index in [-0.39, 0.29) is 30.3 Å². The fourth-order valence-electron chi connectivity index (χ4n) is 3.28. The molecule has 8 heteroatoms. The van der Waals surface area contributed by atoms with Gasteiger partial charge in [0, 0.05) is 12.5 Å². The lowest BCUT2D eigenvalue weighted by Gasteiger charge is -2.28. The number of ether oxygens (including phenoxy) is 1. The molecule has 0 N–H and O–H groups in total. The molecule has 1 aliphatic heterocycles. The lowest BCUT2D eigenvalue weighted by Crippen LogP contribution is -2.40.